The average Bonchev–Trinajstić information content (AvgIpc) is 2.85. The molecular formula is C11H15F3N4O2. The SMILES string of the molecule is COC(=O)c1cn(CN2CCC[C@H](C(F)(F)F)C2)nn1. The third kappa shape index (κ3) is 3.47. The summed E-state index contributed by atoms with van der Waals surface area (Å²) in [6, 6.07) is 0. The van der Waals surface area contributed by atoms with Crippen molar-refractivity contribution in [2.24, 2.45) is 5.92 Å². The summed E-state index contributed by atoms with van der Waals surface area (Å²) in [4.78, 5) is 12.9. The summed E-state index contributed by atoms with van der Waals surface area (Å²) in [5.74, 6) is -1.93. The van der Waals surface area contributed by atoms with Gasteiger partial charge in [0.15, 0.2) is 5.69 Å². The van der Waals surface area contributed by atoms with Crippen molar-refractivity contribution in [3.63, 3.8) is 0 Å². The maximum Gasteiger partial charge on any atom is 0.393 e. The lowest BCUT2D eigenvalue weighted by Crippen LogP contribution is -2.42. The lowest BCUT2D eigenvalue weighted by atomic mass is 9.98. The molecule has 2 heterocycles. The molecule has 0 saturated carbocycles. The third-order valence-corrected chi connectivity index (χ3v) is 3.25. The number of methoxy groups -OCH3 is 1. The second-order valence-corrected chi connectivity index (χ2v) is 4.73. The summed E-state index contributed by atoms with van der Waals surface area (Å²) in [7, 11) is 1.22. The minimum absolute atomic E-state index is 0.0388. The topological polar surface area (TPSA) is 60.2 Å². The number of hydrogen-bond acceptors (Lipinski definition) is 5. The molecule has 20 heavy (non-hydrogen) atoms. The molecule has 1 aromatic heterocycles. The Bertz CT molecular complexity index is 474. The van der Waals surface area contributed by atoms with Gasteiger partial charge in [0, 0.05) is 6.54 Å². The maximum atomic E-state index is 12.7. The summed E-state index contributed by atoms with van der Waals surface area (Å²) in [6.07, 6.45) is -2.16. The fourth-order valence-corrected chi connectivity index (χ4v) is 2.22. The van der Waals surface area contributed by atoms with Crippen LogP contribution in [0.1, 0.15) is 23.3 Å². The first-order chi connectivity index (χ1) is 9.40. The van der Waals surface area contributed by atoms with Gasteiger partial charge in [-0.3, -0.25) is 4.90 Å². The number of rotatable bonds is 3. The first-order valence-corrected chi connectivity index (χ1v) is 6.17. The highest BCUT2D eigenvalue weighted by atomic mass is 19.4. The van der Waals surface area contributed by atoms with Crippen LogP contribution in [-0.2, 0) is 11.4 Å². The van der Waals surface area contributed by atoms with Crippen molar-refractivity contribution in [3.8, 4) is 0 Å². The Hall–Kier alpha value is -1.64. The van der Waals surface area contributed by atoms with E-state index < -0.39 is 18.1 Å². The predicted molar refractivity (Wildman–Crippen MR) is 61.7 cm³/mol. The molecule has 2 rings (SSSR count). The smallest absolute Gasteiger partial charge is 0.393 e. The van der Waals surface area contributed by atoms with Gasteiger partial charge in [-0.05, 0) is 19.4 Å². The quantitative estimate of drug-likeness (QED) is 0.786. The van der Waals surface area contributed by atoms with Crippen LogP contribution in [0.15, 0.2) is 6.20 Å². The van der Waals surface area contributed by atoms with Gasteiger partial charge in [0.05, 0.1) is 25.9 Å². The van der Waals surface area contributed by atoms with Crippen LogP contribution < -0.4 is 0 Å². The molecule has 0 radical (unpaired) electrons. The predicted octanol–water partition coefficient (Wildman–Crippen LogP) is 1.30. The molecule has 1 aliphatic rings. The van der Waals surface area contributed by atoms with Gasteiger partial charge in [0.2, 0.25) is 0 Å². The van der Waals surface area contributed by atoms with E-state index in [1.807, 2.05) is 0 Å². The lowest BCUT2D eigenvalue weighted by Gasteiger charge is -2.33. The molecule has 1 saturated heterocycles. The summed E-state index contributed by atoms with van der Waals surface area (Å²) < 4.78 is 43.9. The van der Waals surface area contributed by atoms with Crippen molar-refractivity contribution < 1.29 is 22.7 Å². The van der Waals surface area contributed by atoms with Crippen molar-refractivity contribution >= 4 is 5.97 Å². The summed E-state index contributed by atoms with van der Waals surface area (Å²) in [5.41, 5.74) is 0.0388. The highest BCUT2D eigenvalue weighted by Crippen LogP contribution is 2.33. The summed E-state index contributed by atoms with van der Waals surface area (Å²) in [5, 5.41) is 7.32. The minimum atomic E-state index is -4.17. The van der Waals surface area contributed by atoms with Gasteiger partial charge in [0.1, 0.15) is 0 Å². The molecule has 1 atom stereocenters. The van der Waals surface area contributed by atoms with Crippen molar-refractivity contribution in [3.05, 3.63) is 11.9 Å². The second-order valence-electron chi connectivity index (χ2n) is 4.73. The van der Waals surface area contributed by atoms with Gasteiger partial charge in [-0.2, -0.15) is 13.2 Å². The molecule has 1 fully saturated rings. The van der Waals surface area contributed by atoms with E-state index in [1.165, 1.54) is 18.0 Å². The van der Waals surface area contributed by atoms with Crippen LogP contribution in [0.2, 0.25) is 0 Å². The van der Waals surface area contributed by atoms with Crippen molar-refractivity contribution in [1.29, 1.82) is 0 Å². The number of nitrogens with zero attached hydrogens (tertiary/aromatic N) is 4. The summed E-state index contributed by atoms with van der Waals surface area (Å²) >= 11 is 0. The number of esters is 1. The zero-order valence-electron chi connectivity index (χ0n) is 10.9. The second kappa shape index (κ2) is 5.78. The number of halogens is 3. The number of hydrogen-bond donors (Lipinski definition) is 0. The Balaban J connectivity index is 1.96. The number of piperidine rings is 1. The van der Waals surface area contributed by atoms with Crippen LogP contribution in [-0.4, -0.2) is 52.2 Å². The van der Waals surface area contributed by atoms with Crippen LogP contribution in [0, 0.1) is 5.92 Å². The zero-order chi connectivity index (χ0) is 14.8. The molecule has 112 valence electrons. The van der Waals surface area contributed by atoms with Crippen molar-refractivity contribution in [2.45, 2.75) is 25.7 Å². The van der Waals surface area contributed by atoms with Crippen molar-refractivity contribution in [1.82, 2.24) is 19.9 Å². The Morgan fingerprint density at radius 3 is 2.95 bits per heavy atom. The van der Waals surface area contributed by atoms with Gasteiger partial charge < -0.3 is 4.74 Å². The Kier molecular flexibility index (Phi) is 4.26. The van der Waals surface area contributed by atoms with Crippen LogP contribution in [0.25, 0.3) is 0 Å². The average molecular weight is 292 g/mol. The summed E-state index contributed by atoms with van der Waals surface area (Å²) in [6.45, 7) is 0.688. The standard InChI is InChI=1S/C11H15F3N4O2/c1-20-10(19)9-6-18(16-15-9)7-17-4-2-3-8(5-17)11(12,13)14/h6,8H,2-5,7H2,1H3/t8-/m0/s1. The van der Waals surface area contributed by atoms with E-state index >= 15 is 0 Å². The van der Waals surface area contributed by atoms with Crippen LogP contribution in [0.4, 0.5) is 13.2 Å². The molecule has 0 unspecified atom stereocenters. The number of aromatic nitrogens is 3. The van der Waals surface area contributed by atoms with Gasteiger partial charge in [-0.25, -0.2) is 9.48 Å². The molecule has 0 N–H and O–H groups in total. The Labute approximate surface area is 113 Å². The Morgan fingerprint density at radius 1 is 1.55 bits per heavy atom. The van der Waals surface area contributed by atoms with Gasteiger partial charge in [-0.1, -0.05) is 5.21 Å². The maximum absolute atomic E-state index is 12.7. The molecule has 0 bridgehead atoms. The molecule has 0 aromatic carbocycles. The van der Waals surface area contributed by atoms with E-state index in [2.05, 4.69) is 15.0 Å². The molecule has 1 aromatic rings. The zero-order valence-corrected chi connectivity index (χ0v) is 10.9. The number of carbonyl (C=O) groups is 1. The fraction of sp³-hybridized carbons (Fsp3) is 0.727. The first-order valence-electron chi connectivity index (χ1n) is 6.17. The van der Waals surface area contributed by atoms with E-state index in [0.717, 1.165) is 0 Å². The minimum Gasteiger partial charge on any atom is -0.464 e. The Morgan fingerprint density at radius 2 is 2.30 bits per heavy atom. The molecule has 9 heteroatoms. The molecule has 6 nitrogen and oxygen atoms in total. The number of ether oxygens (including phenoxy) is 1. The van der Waals surface area contributed by atoms with E-state index in [1.54, 1.807) is 4.90 Å². The molecule has 0 spiro atoms. The normalized spacial score (nSPS) is 20.9. The van der Waals surface area contributed by atoms with Crippen LogP contribution in [0.3, 0.4) is 0 Å². The first kappa shape index (κ1) is 14.8. The van der Waals surface area contributed by atoms with Crippen LogP contribution >= 0.6 is 0 Å². The van der Waals surface area contributed by atoms with E-state index in [-0.39, 0.29) is 25.3 Å². The molecule has 0 aliphatic carbocycles. The monoisotopic (exact) mass is 292 g/mol. The third-order valence-electron chi connectivity index (χ3n) is 3.25. The largest absolute Gasteiger partial charge is 0.464 e. The highest BCUT2D eigenvalue weighted by Gasteiger charge is 2.41. The molecular weight excluding hydrogens is 277 g/mol. The van der Waals surface area contributed by atoms with E-state index in [0.29, 0.717) is 13.0 Å². The highest BCUT2D eigenvalue weighted by molar-refractivity contribution is 5.86. The lowest BCUT2D eigenvalue weighted by molar-refractivity contribution is -0.188. The number of carbonyl (C=O) groups excluding carboxylic acids is 1. The van der Waals surface area contributed by atoms with Gasteiger partial charge in [0.25, 0.3) is 0 Å². The van der Waals surface area contributed by atoms with E-state index in [9.17, 15) is 18.0 Å². The van der Waals surface area contributed by atoms with Crippen LogP contribution in [0.5, 0.6) is 0 Å². The van der Waals surface area contributed by atoms with Gasteiger partial charge >= 0.3 is 12.1 Å². The number of alkyl halides is 3. The molecule has 0 amide bonds. The fourth-order valence-electron chi connectivity index (χ4n) is 2.22. The molecule has 1 aliphatic heterocycles. The number of likely N-dealkylation sites (tertiary alicyclic amines) is 1. The van der Waals surface area contributed by atoms with Gasteiger partial charge in [-0.15, -0.1) is 5.10 Å². The van der Waals surface area contributed by atoms with Crippen molar-refractivity contribution in [2.75, 3.05) is 20.2 Å². The van der Waals surface area contributed by atoms with E-state index in [4.69, 9.17) is 0 Å².